The molecule has 1 aliphatic carbocycles. The van der Waals surface area contributed by atoms with Crippen molar-refractivity contribution in [2.45, 2.75) is 44.6 Å². The van der Waals surface area contributed by atoms with E-state index in [9.17, 15) is 0 Å². The first-order chi connectivity index (χ1) is 10.9. The molecular weight excluding hydrogens is 343 g/mol. The van der Waals surface area contributed by atoms with Crippen LogP contribution in [0.3, 0.4) is 0 Å². The zero-order valence-corrected chi connectivity index (χ0v) is 16.2. The Bertz CT molecular complexity index is 419. The van der Waals surface area contributed by atoms with Crippen molar-refractivity contribution in [2.75, 3.05) is 39.3 Å². The minimum absolute atomic E-state index is 0. The molecule has 0 bridgehead atoms. The van der Waals surface area contributed by atoms with Gasteiger partial charge in [-0.25, -0.2) is 0 Å². The molecule has 0 atom stereocenters. The number of halogens is 2. The standard InChI is InChI=1S/C19H30N2O.2ClH/c1-3-8-18(9-4-1)21-15-13-20(14-16-21)12-7-17-22-19-10-5-2-6-11-19;;/h2,5-6,10-11,18H,1,3-4,7-9,12-17H2;2*1H. The lowest BCUT2D eigenvalue weighted by atomic mass is 9.94. The lowest BCUT2D eigenvalue weighted by molar-refractivity contribution is 0.0763. The predicted octanol–water partition coefficient (Wildman–Crippen LogP) is 4.25. The van der Waals surface area contributed by atoms with Crippen LogP contribution >= 0.6 is 24.8 Å². The fourth-order valence-electron chi connectivity index (χ4n) is 3.79. The minimum Gasteiger partial charge on any atom is -0.494 e. The van der Waals surface area contributed by atoms with Crippen molar-refractivity contribution >= 4 is 24.8 Å². The Kier molecular flexibility index (Phi) is 10.8. The molecule has 0 unspecified atom stereocenters. The quantitative estimate of drug-likeness (QED) is 0.692. The number of rotatable bonds is 6. The van der Waals surface area contributed by atoms with Gasteiger partial charge in [0, 0.05) is 38.8 Å². The van der Waals surface area contributed by atoms with E-state index in [1.165, 1.54) is 64.8 Å². The molecular formula is C19H32Cl2N2O. The molecule has 1 saturated heterocycles. The summed E-state index contributed by atoms with van der Waals surface area (Å²) in [6.07, 6.45) is 8.34. The summed E-state index contributed by atoms with van der Waals surface area (Å²) in [6, 6.07) is 11.0. The molecule has 0 N–H and O–H groups in total. The lowest BCUT2D eigenvalue weighted by Crippen LogP contribution is -2.50. The molecule has 3 nitrogen and oxygen atoms in total. The molecule has 3 rings (SSSR count). The molecule has 0 spiro atoms. The Balaban J connectivity index is 0.00000144. The molecule has 24 heavy (non-hydrogen) atoms. The van der Waals surface area contributed by atoms with Crippen LogP contribution in [0.25, 0.3) is 0 Å². The molecule has 0 aromatic heterocycles. The van der Waals surface area contributed by atoms with Crippen molar-refractivity contribution < 1.29 is 4.74 Å². The van der Waals surface area contributed by atoms with E-state index in [2.05, 4.69) is 9.80 Å². The van der Waals surface area contributed by atoms with Crippen LogP contribution in [0, 0.1) is 0 Å². The molecule has 138 valence electrons. The number of ether oxygens (including phenoxy) is 1. The number of para-hydroxylation sites is 1. The van der Waals surface area contributed by atoms with Crippen LogP contribution in [0.2, 0.25) is 0 Å². The van der Waals surface area contributed by atoms with Gasteiger partial charge >= 0.3 is 0 Å². The summed E-state index contributed by atoms with van der Waals surface area (Å²) in [5.74, 6) is 0.990. The van der Waals surface area contributed by atoms with Gasteiger partial charge in [-0.05, 0) is 31.4 Å². The molecule has 1 saturated carbocycles. The van der Waals surface area contributed by atoms with Gasteiger partial charge in [-0.2, -0.15) is 0 Å². The van der Waals surface area contributed by atoms with Crippen LogP contribution in [-0.2, 0) is 0 Å². The monoisotopic (exact) mass is 374 g/mol. The highest BCUT2D eigenvalue weighted by Gasteiger charge is 2.24. The smallest absolute Gasteiger partial charge is 0.119 e. The van der Waals surface area contributed by atoms with E-state index in [-0.39, 0.29) is 24.8 Å². The average Bonchev–Trinajstić information content (AvgIpc) is 2.61. The van der Waals surface area contributed by atoms with E-state index in [1.54, 1.807) is 0 Å². The van der Waals surface area contributed by atoms with Gasteiger partial charge in [0.25, 0.3) is 0 Å². The summed E-state index contributed by atoms with van der Waals surface area (Å²) in [5, 5.41) is 0. The topological polar surface area (TPSA) is 15.7 Å². The average molecular weight is 375 g/mol. The number of benzene rings is 1. The van der Waals surface area contributed by atoms with E-state index in [0.29, 0.717) is 0 Å². The Morgan fingerprint density at radius 2 is 1.54 bits per heavy atom. The highest BCUT2D eigenvalue weighted by molar-refractivity contribution is 5.85. The number of hydrogen-bond acceptors (Lipinski definition) is 3. The first kappa shape index (κ1) is 21.6. The van der Waals surface area contributed by atoms with Crippen molar-refractivity contribution in [1.29, 1.82) is 0 Å². The summed E-state index contributed by atoms with van der Waals surface area (Å²) in [7, 11) is 0. The number of nitrogens with zero attached hydrogens (tertiary/aromatic N) is 2. The maximum absolute atomic E-state index is 5.78. The van der Waals surface area contributed by atoms with E-state index in [1.807, 2.05) is 30.3 Å². The normalized spacial score (nSPS) is 20.0. The van der Waals surface area contributed by atoms with Crippen molar-refractivity contribution in [2.24, 2.45) is 0 Å². The van der Waals surface area contributed by atoms with Crippen molar-refractivity contribution in [1.82, 2.24) is 9.80 Å². The molecule has 1 heterocycles. The number of piperazine rings is 1. The molecule has 2 fully saturated rings. The van der Waals surface area contributed by atoms with Crippen LogP contribution < -0.4 is 4.74 Å². The van der Waals surface area contributed by atoms with E-state index >= 15 is 0 Å². The second-order valence-corrected chi connectivity index (χ2v) is 6.68. The van der Waals surface area contributed by atoms with Gasteiger partial charge in [0.05, 0.1) is 6.61 Å². The van der Waals surface area contributed by atoms with Gasteiger partial charge in [0.2, 0.25) is 0 Å². The second kappa shape index (κ2) is 12.0. The maximum Gasteiger partial charge on any atom is 0.119 e. The highest BCUT2D eigenvalue weighted by atomic mass is 35.5. The van der Waals surface area contributed by atoms with E-state index < -0.39 is 0 Å². The second-order valence-electron chi connectivity index (χ2n) is 6.68. The third kappa shape index (κ3) is 6.79. The molecule has 1 aromatic carbocycles. The SMILES string of the molecule is Cl.Cl.c1ccc(OCCCN2CCN(C3CCCCC3)CC2)cc1. The van der Waals surface area contributed by atoms with Crippen molar-refractivity contribution in [3.63, 3.8) is 0 Å². The summed E-state index contributed by atoms with van der Waals surface area (Å²) in [5.41, 5.74) is 0. The van der Waals surface area contributed by atoms with Crippen LogP contribution in [0.1, 0.15) is 38.5 Å². The van der Waals surface area contributed by atoms with Gasteiger partial charge in [0.1, 0.15) is 5.75 Å². The van der Waals surface area contributed by atoms with E-state index in [4.69, 9.17) is 4.74 Å². The fraction of sp³-hybridized carbons (Fsp3) is 0.684. The summed E-state index contributed by atoms with van der Waals surface area (Å²) < 4.78 is 5.78. The van der Waals surface area contributed by atoms with Crippen molar-refractivity contribution in [3.05, 3.63) is 30.3 Å². The molecule has 5 heteroatoms. The third-order valence-corrected chi connectivity index (χ3v) is 5.13. The first-order valence-corrected chi connectivity index (χ1v) is 9.06. The minimum atomic E-state index is 0. The van der Waals surface area contributed by atoms with Crippen LogP contribution in [0.5, 0.6) is 5.75 Å². The lowest BCUT2D eigenvalue weighted by Gasteiger charge is -2.40. The highest BCUT2D eigenvalue weighted by Crippen LogP contribution is 2.23. The Morgan fingerprint density at radius 3 is 2.21 bits per heavy atom. The van der Waals surface area contributed by atoms with Gasteiger partial charge in [-0.1, -0.05) is 37.5 Å². The molecule has 0 radical (unpaired) electrons. The molecule has 2 aliphatic rings. The van der Waals surface area contributed by atoms with E-state index in [0.717, 1.165) is 24.8 Å². The van der Waals surface area contributed by atoms with Crippen molar-refractivity contribution in [3.8, 4) is 5.75 Å². The van der Waals surface area contributed by atoms with Gasteiger partial charge in [0.15, 0.2) is 0 Å². The van der Waals surface area contributed by atoms with Crippen LogP contribution in [-0.4, -0.2) is 55.2 Å². The zero-order valence-electron chi connectivity index (χ0n) is 14.6. The Hall–Kier alpha value is -0.480. The summed E-state index contributed by atoms with van der Waals surface area (Å²) in [6.45, 7) is 7.01. The maximum atomic E-state index is 5.78. The summed E-state index contributed by atoms with van der Waals surface area (Å²) in [4.78, 5) is 5.35. The van der Waals surface area contributed by atoms with Gasteiger partial charge in [-0.3, -0.25) is 4.90 Å². The largest absolute Gasteiger partial charge is 0.494 e. The molecule has 1 aliphatic heterocycles. The fourth-order valence-corrected chi connectivity index (χ4v) is 3.79. The number of hydrogen-bond donors (Lipinski definition) is 0. The molecule has 1 aromatic rings. The Labute approximate surface area is 159 Å². The summed E-state index contributed by atoms with van der Waals surface area (Å²) >= 11 is 0. The van der Waals surface area contributed by atoms with Gasteiger partial charge < -0.3 is 9.64 Å². The molecule has 0 amide bonds. The van der Waals surface area contributed by atoms with Gasteiger partial charge in [-0.15, -0.1) is 24.8 Å². The van der Waals surface area contributed by atoms with Crippen LogP contribution in [0.15, 0.2) is 30.3 Å². The predicted molar refractivity (Wildman–Crippen MR) is 106 cm³/mol. The zero-order chi connectivity index (χ0) is 15.0. The Morgan fingerprint density at radius 1 is 0.875 bits per heavy atom. The first-order valence-electron chi connectivity index (χ1n) is 9.06. The van der Waals surface area contributed by atoms with Crippen LogP contribution in [0.4, 0.5) is 0 Å². The third-order valence-electron chi connectivity index (χ3n) is 5.13.